The molecule has 0 aromatic heterocycles. The first-order valence-corrected chi connectivity index (χ1v) is 5.83. The third-order valence-corrected chi connectivity index (χ3v) is 3.16. The van der Waals surface area contributed by atoms with Crippen LogP contribution in [0.2, 0.25) is 0 Å². The lowest BCUT2D eigenvalue weighted by Gasteiger charge is -2.34. The van der Waals surface area contributed by atoms with Crippen LogP contribution in [0, 0.1) is 0 Å². The number of nitrogens with one attached hydrogen (secondary N) is 1. The number of rotatable bonds is 6. The van der Waals surface area contributed by atoms with Crippen molar-refractivity contribution in [1.29, 1.82) is 0 Å². The molecule has 1 saturated heterocycles. The number of likely N-dealkylation sites (N-methyl/N-ethyl adjacent to an activating group) is 1. The molecule has 4 nitrogen and oxygen atoms in total. The molecule has 0 spiro atoms. The molecule has 2 N–H and O–H groups in total. The van der Waals surface area contributed by atoms with Gasteiger partial charge in [0.05, 0.1) is 6.10 Å². The highest BCUT2D eigenvalue weighted by molar-refractivity contribution is 4.77. The summed E-state index contributed by atoms with van der Waals surface area (Å²) in [6.07, 6.45) is 3.61. The first kappa shape index (κ1) is 12.9. The van der Waals surface area contributed by atoms with E-state index in [1.807, 2.05) is 7.05 Å². The lowest BCUT2D eigenvalue weighted by Crippen LogP contribution is -2.46. The first-order chi connectivity index (χ1) is 7.30. The van der Waals surface area contributed by atoms with Crippen LogP contribution >= 0.6 is 0 Å². The molecule has 15 heavy (non-hydrogen) atoms. The van der Waals surface area contributed by atoms with Gasteiger partial charge in [0, 0.05) is 32.8 Å². The van der Waals surface area contributed by atoms with Gasteiger partial charge in [-0.15, -0.1) is 0 Å². The largest absolute Gasteiger partial charge is 0.396 e. The molecule has 0 amide bonds. The molecule has 1 aliphatic rings. The second-order valence-corrected chi connectivity index (χ2v) is 4.26. The average molecular weight is 216 g/mol. The van der Waals surface area contributed by atoms with E-state index in [0.717, 1.165) is 26.1 Å². The van der Waals surface area contributed by atoms with Crippen molar-refractivity contribution in [3.8, 4) is 0 Å². The van der Waals surface area contributed by atoms with Gasteiger partial charge in [0.1, 0.15) is 0 Å². The predicted octanol–water partition coefficient (Wildman–Crippen LogP) is 0.0676. The van der Waals surface area contributed by atoms with E-state index in [9.17, 15) is 0 Å². The summed E-state index contributed by atoms with van der Waals surface area (Å²) in [6.45, 7) is 3.45. The smallest absolute Gasteiger partial charge is 0.0698 e. The minimum Gasteiger partial charge on any atom is -0.396 e. The predicted molar refractivity (Wildman–Crippen MR) is 61.0 cm³/mol. The monoisotopic (exact) mass is 216 g/mol. The zero-order chi connectivity index (χ0) is 11.1. The maximum Gasteiger partial charge on any atom is 0.0698 e. The normalized spacial score (nSPS) is 25.4. The minimum absolute atomic E-state index is 0.257. The average Bonchev–Trinajstić information content (AvgIpc) is 2.29. The quantitative estimate of drug-likeness (QED) is 0.659. The van der Waals surface area contributed by atoms with Crippen LogP contribution in [0.25, 0.3) is 0 Å². The summed E-state index contributed by atoms with van der Waals surface area (Å²) >= 11 is 0. The fraction of sp³-hybridized carbons (Fsp3) is 1.00. The molecule has 1 heterocycles. The van der Waals surface area contributed by atoms with E-state index in [1.54, 1.807) is 7.11 Å². The molecule has 1 fully saturated rings. The van der Waals surface area contributed by atoms with Crippen molar-refractivity contribution in [2.45, 2.75) is 31.4 Å². The van der Waals surface area contributed by atoms with Crippen molar-refractivity contribution >= 4 is 0 Å². The molecule has 0 bridgehead atoms. The first-order valence-electron chi connectivity index (χ1n) is 5.83. The molecular formula is C11H24N2O2. The summed E-state index contributed by atoms with van der Waals surface area (Å²) in [5, 5.41) is 12.2. The van der Waals surface area contributed by atoms with Crippen LogP contribution < -0.4 is 5.32 Å². The Morgan fingerprint density at radius 3 is 3.00 bits per heavy atom. The van der Waals surface area contributed by atoms with E-state index in [2.05, 4.69) is 10.2 Å². The number of aliphatic hydroxyl groups is 1. The summed E-state index contributed by atoms with van der Waals surface area (Å²) in [6, 6.07) is 0.394. The highest BCUT2D eigenvalue weighted by atomic mass is 16.5. The highest BCUT2D eigenvalue weighted by Gasteiger charge is 2.21. The molecule has 0 radical (unpaired) electrons. The van der Waals surface area contributed by atoms with Gasteiger partial charge in [-0.05, 0) is 32.9 Å². The number of ether oxygens (including phenoxy) is 1. The molecule has 2 unspecified atom stereocenters. The van der Waals surface area contributed by atoms with E-state index >= 15 is 0 Å². The summed E-state index contributed by atoms with van der Waals surface area (Å²) in [5.41, 5.74) is 0. The number of piperidine rings is 1. The third-order valence-electron chi connectivity index (χ3n) is 3.16. The highest BCUT2D eigenvalue weighted by Crippen LogP contribution is 2.13. The second kappa shape index (κ2) is 7.17. The van der Waals surface area contributed by atoms with Gasteiger partial charge in [-0.2, -0.15) is 0 Å². The molecule has 0 aliphatic carbocycles. The van der Waals surface area contributed by atoms with Crippen LogP contribution in [0.1, 0.15) is 19.3 Å². The molecule has 1 rings (SSSR count). The molecule has 2 atom stereocenters. The van der Waals surface area contributed by atoms with Gasteiger partial charge < -0.3 is 15.2 Å². The topological polar surface area (TPSA) is 44.7 Å². The van der Waals surface area contributed by atoms with Gasteiger partial charge >= 0.3 is 0 Å². The summed E-state index contributed by atoms with van der Waals surface area (Å²) in [5.74, 6) is 0. The Bertz CT molecular complexity index is 167. The van der Waals surface area contributed by atoms with Crippen molar-refractivity contribution < 1.29 is 9.84 Å². The summed E-state index contributed by atoms with van der Waals surface area (Å²) < 4.78 is 5.39. The fourth-order valence-electron chi connectivity index (χ4n) is 2.17. The second-order valence-electron chi connectivity index (χ2n) is 4.26. The zero-order valence-corrected chi connectivity index (χ0v) is 9.91. The van der Waals surface area contributed by atoms with Gasteiger partial charge in [-0.25, -0.2) is 0 Å². The Morgan fingerprint density at radius 1 is 1.60 bits per heavy atom. The van der Waals surface area contributed by atoms with Crippen molar-refractivity contribution in [2.24, 2.45) is 0 Å². The van der Waals surface area contributed by atoms with Gasteiger partial charge in [0.2, 0.25) is 0 Å². The van der Waals surface area contributed by atoms with Crippen LogP contribution in [0.15, 0.2) is 0 Å². The van der Waals surface area contributed by atoms with E-state index in [-0.39, 0.29) is 6.61 Å². The Kier molecular flexibility index (Phi) is 6.17. The fourth-order valence-corrected chi connectivity index (χ4v) is 2.17. The number of hydrogen-bond acceptors (Lipinski definition) is 4. The van der Waals surface area contributed by atoms with E-state index in [0.29, 0.717) is 12.1 Å². The molecule has 4 heteroatoms. The van der Waals surface area contributed by atoms with E-state index in [4.69, 9.17) is 9.84 Å². The van der Waals surface area contributed by atoms with Crippen LogP contribution in [0.3, 0.4) is 0 Å². The lowest BCUT2D eigenvalue weighted by molar-refractivity contribution is 0.0274. The van der Waals surface area contributed by atoms with Crippen molar-refractivity contribution in [3.63, 3.8) is 0 Å². The minimum atomic E-state index is 0.257. The summed E-state index contributed by atoms with van der Waals surface area (Å²) in [7, 11) is 3.75. The number of nitrogens with zero attached hydrogens (tertiary/aromatic N) is 1. The Morgan fingerprint density at radius 2 is 2.40 bits per heavy atom. The molecule has 0 aromatic carbocycles. The maximum atomic E-state index is 8.91. The Hall–Kier alpha value is -0.160. The van der Waals surface area contributed by atoms with Gasteiger partial charge in [-0.1, -0.05) is 0 Å². The molecule has 1 aliphatic heterocycles. The SMILES string of the molecule is CNC(CCO)CN1CCCC(OC)C1. The van der Waals surface area contributed by atoms with Crippen molar-refractivity contribution in [1.82, 2.24) is 10.2 Å². The van der Waals surface area contributed by atoms with Crippen LogP contribution in [-0.2, 0) is 4.74 Å². The van der Waals surface area contributed by atoms with E-state index < -0.39 is 0 Å². The van der Waals surface area contributed by atoms with Crippen LogP contribution in [0.5, 0.6) is 0 Å². The number of methoxy groups -OCH3 is 1. The molecule has 0 saturated carbocycles. The van der Waals surface area contributed by atoms with Gasteiger partial charge in [0.25, 0.3) is 0 Å². The number of aliphatic hydroxyl groups excluding tert-OH is 1. The van der Waals surface area contributed by atoms with Crippen LogP contribution in [0.4, 0.5) is 0 Å². The van der Waals surface area contributed by atoms with Crippen molar-refractivity contribution in [3.05, 3.63) is 0 Å². The number of hydrogen-bond donors (Lipinski definition) is 2. The number of likely N-dealkylation sites (tertiary alicyclic amines) is 1. The molecular weight excluding hydrogens is 192 g/mol. The summed E-state index contributed by atoms with van der Waals surface area (Å²) in [4.78, 5) is 2.43. The third kappa shape index (κ3) is 4.47. The lowest BCUT2D eigenvalue weighted by atomic mass is 10.1. The standard InChI is InChI=1S/C11H24N2O2/c1-12-10(5-7-14)8-13-6-3-4-11(9-13)15-2/h10-12,14H,3-9H2,1-2H3. The van der Waals surface area contributed by atoms with Gasteiger partial charge in [-0.3, -0.25) is 4.90 Å². The maximum absolute atomic E-state index is 8.91. The Labute approximate surface area is 92.6 Å². The zero-order valence-electron chi connectivity index (χ0n) is 9.91. The van der Waals surface area contributed by atoms with E-state index in [1.165, 1.54) is 12.8 Å². The Balaban J connectivity index is 2.29. The molecule has 90 valence electrons. The van der Waals surface area contributed by atoms with Crippen LogP contribution in [-0.4, -0.2) is 62.6 Å². The van der Waals surface area contributed by atoms with Crippen molar-refractivity contribution in [2.75, 3.05) is 40.4 Å². The molecule has 0 aromatic rings. The van der Waals surface area contributed by atoms with Gasteiger partial charge in [0.15, 0.2) is 0 Å².